The zero-order valence-corrected chi connectivity index (χ0v) is 11.6. The standard InChI is InChI=1S/C13H16ClN3O3/c14-10-2-1-3-12(6-10)19-8-11(18)7-15-5-4-13-16-9-17-20-13/h1-3,6,9,11,15,18H,4-5,7-8H2. The average Bonchev–Trinajstić information content (AvgIpc) is 2.95. The zero-order chi connectivity index (χ0) is 14.2. The van der Waals surface area contributed by atoms with E-state index in [1.54, 1.807) is 24.3 Å². The molecule has 20 heavy (non-hydrogen) atoms. The van der Waals surface area contributed by atoms with Crippen LogP contribution in [0.1, 0.15) is 5.89 Å². The van der Waals surface area contributed by atoms with E-state index >= 15 is 0 Å². The lowest BCUT2D eigenvalue weighted by atomic mass is 10.3. The summed E-state index contributed by atoms with van der Waals surface area (Å²) >= 11 is 5.84. The molecule has 0 saturated carbocycles. The minimum atomic E-state index is -0.600. The highest BCUT2D eigenvalue weighted by Gasteiger charge is 2.06. The fourth-order valence-electron chi connectivity index (χ4n) is 1.58. The SMILES string of the molecule is OC(CNCCc1ncno1)COc1cccc(Cl)c1. The molecule has 1 unspecified atom stereocenters. The Kier molecular flexibility index (Phi) is 5.79. The molecule has 1 aromatic heterocycles. The van der Waals surface area contributed by atoms with E-state index in [-0.39, 0.29) is 6.61 Å². The Morgan fingerprint density at radius 3 is 3.10 bits per heavy atom. The minimum Gasteiger partial charge on any atom is -0.491 e. The fraction of sp³-hybridized carbons (Fsp3) is 0.385. The van der Waals surface area contributed by atoms with Crippen molar-refractivity contribution in [1.29, 1.82) is 0 Å². The van der Waals surface area contributed by atoms with Crippen molar-refractivity contribution in [3.8, 4) is 5.75 Å². The first-order valence-electron chi connectivity index (χ1n) is 6.27. The lowest BCUT2D eigenvalue weighted by Crippen LogP contribution is -2.32. The van der Waals surface area contributed by atoms with Gasteiger partial charge >= 0.3 is 0 Å². The van der Waals surface area contributed by atoms with Crippen LogP contribution in [0.15, 0.2) is 35.1 Å². The van der Waals surface area contributed by atoms with Crippen LogP contribution >= 0.6 is 11.6 Å². The van der Waals surface area contributed by atoms with Gasteiger partial charge in [-0.25, -0.2) is 0 Å². The summed E-state index contributed by atoms with van der Waals surface area (Å²) in [4.78, 5) is 3.90. The summed E-state index contributed by atoms with van der Waals surface area (Å²) in [7, 11) is 0. The van der Waals surface area contributed by atoms with Gasteiger partial charge in [-0.3, -0.25) is 0 Å². The fourth-order valence-corrected chi connectivity index (χ4v) is 1.76. The lowest BCUT2D eigenvalue weighted by molar-refractivity contribution is 0.106. The van der Waals surface area contributed by atoms with Crippen molar-refractivity contribution in [3.05, 3.63) is 41.5 Å². The molecule has 0 saturated heterocycles. The van der Waals surface area contributed by atoms with Gasteiger partial charge in [0.05, 0.1) is 0 Å². The molecule has 2 aromatic rings. The van der Waals surface area contributed by atoms with Crippen molar-refractivity contribution in [2.24, 2.45) is 0 Å². The third kappa shape index (κ3) is 5.16. The summed E-state index contributed by atoms with van der Waals surface area (Å²) in [5.41, 5.74) is 0. The van der Waals surface area contributed by atoms with Crippen molar-refractivity contribution >= 4 is 11.6 Å². The normalized spacial score (nSPS) is 12.3. The molecule has 0 aliphatic rings. The highest BCUT2D eigenvalue weighted by atomic mass is 35.5. The predicted molar refractivity (Wildman–Crippen MR) is 73.8 cm³/mol. The Hall–Kier alpha value is -1.63. The second-order valence-corrected chi connectivity index (χ2v) is 4.65. The van der Waals surface area contributed by atoms with Crippen LogP contribution in [0.2, 0.25) is 5.02 Å². The van der Waals surface area contributed by atoms with E-state index in [2.05, 4.69) is 15.5 Å². The van der Waals surface area contributed by atoms with E-state index in [9.17, 15) is 5.11 Å². The van der Waals surface area contributed by atoms with Crippen LogP contribution in [0.5, 0.6) is 5.75 Å². The number of benzene rings is 1. The summed E-state index contributed by atoms with van der Waals surface area (Å²) in [5.74, 6) is 1.21. The third-order valence-electron chi connectivity index (χ3n) is 2.54. The van der Waals surface area contributed by atoms with Crippen LogP contribution in [0.25, 0.3) is 0 Å². The predicted octanol–water partition coefficient (Wildman–Crippen LogP) is 1.29. The van der Waals surface area contributed by atoms with Gasteiger partial charge in [0.2, 0.25) is 5.89 Å². The highest BCUT2D eigenvalue weighted by molar-refractivity contribution is 6.30. The molecule has 6 nitrogen and oxygen atoms in total. The molecule has 0 amide bonds. The van der Waals surface area contributed by atoms with Gasteiger partial charge in [0.1, 0.15) is 18.5 Å². The van der Waals surface area contributed by atoms with Crippen LogP contribution in [0.3, 0.4) is 0 Å². The van der Waals surface area contributed by atoms with Crippen molar-refractivity contribution in [2.75, 3.05) is 19.7 Å². The van der Waals surface area contributed by atoms with E-state index < -0.39 is 6.10 Å². The minimum absolute atomic E-state index is 0.202. The third-order valence-corrected chi connectivity index (χ3v) is 2.78. The number of nitrogens with one attached hydrogen (secondary N) is 1. The van der Waals surface area contributed by atoms with Gasteiger partial charge in [-0.2, -0.15) is 4.98 Å². The van der Waals surface area contributed by atoms with Gasteiger partial charge in [-0.15, -0.1) is 0 Å². The van der Waals surface area contributed by atoms with Crippen molar-refractivity contribution in [2.45, 2.75) is 12.5 Å². The number of hydrogen-bond donors (Lipinski definition) is 2. The molecule has 0 spiro atoms. The monoisotopic (exact) mass is 297 g/mol. The Bertz CT molecular complexity index is 507. The quantitative estimate of drug-likeness (QED) is 0.715. The second-order valence-electron chi connectivity index (χ2n) is 4.21. The smallest absolute Gasteiger partial charge is 0.227 e. The molecule has 0 fully saturated rings. The van der Waals surface area contributed by atoms with E-state index in [0.29, 0.717) is 36.2 Å². The lowest BCUT2D eigenvalue weighted by Gasteiger charge is -2.13. The first-order valence-corrected chi connectivity index (χ1v) is 6.64. The van der Waals surface area contributed by atoms with Crippen LogP contribution < -0.4 is 10.1 Å². The molecular formula is C13H16ClN3O3. The number of nitrogens with zero attached hydrogens (tertiary/aromatic N) is 2. The highest BCUT2D eigenvalue weighted by Crippen LogP contribution is 2.17. The maximum atomic E-state index is 9.77. The summed E-state index contributed by atoms with van der Waals surface area (Å²) in [6.45, 7) is 1.28. The maximum absolute atomic E-state index is 9.77. The number of hydrogen-bond acceptors (Lipinski definition) is 6. The number of aromatic nitrogens is 2. The van der Waals surface area contributed by atoms with Crippen LogP contribution in [0, 0.1) is 0 Å². The molecule has 1 aromatic carbocycles. The number of aliphatic hydroxyl groups excluding tert-OH is 1. The molecule has 1 atom stereocenters. The van der Waals surface area contributed by atoms with Crippen molar-refractivity contribution < 1.29 is 14.4 Å². The second kappa shape index (κ2) is 7.84. The van der Waals surface area contributed by atoms with Gasteiger partial charge in [-0.1, -0.05) is 22.8 Å². The Morgan fingerprint density at radius 2 is 2.35 bits per heavy atom. The van der Waals surface area contributed by atoms with Gasteiger partial charge in [0.25, 0.3) is 0 Å². The number of ether oxygens (including phenoxy) is 1. The summed E-state index contributed by atoms with van der Waals surface area (Å²) in [6, 6.07) is 7.06. The Labute approximate surface area is 121 Å². The van der Waals surface area contributed by atoms with E-state index in [1.165, 1.54) is 6.33 Å². The topological polar surface area (TPSA) is 80.4 Å². The van der Waals surface area contributed by atoms with Gasteiger partial charge in [0, 0.05) is 24.5 Å². The largest absolute Gasteiger partial charge is 0.491 e. The first kappa shape index (κ1) is 14.8. The van der Waals surface area contributed by atoms with E-state index in [4.69, 9.17) is 20.9 Å². The average molecular weight is 298 g/mol. The maximum Gasteiger partial charge on any atom is 0.227 e. The van der Waals surface area contributed by atoms with Gasteiger partial charge in [0.15, 0.2) is 6.33 Å². The van der Waals surface area contributed by atoms with Crippen molar-refractivity contribution in [1.82, 2.24) is 15.5 Å². The molecule has 7 heteroatoms. The van der Waals surface area contributed by atoms with Gasteiger partial charge < -0.3 is 19.7 Å². The molecule has 2 N–H and O–H groups in total. The summed E-state index contributed by atoms with van der Waals surface area (Å²) in [5, 5.41) is 17.0. The van der Waals surface area contributed by atoms with Gasteiger partial charge in [-0.05, 0) is 18.2 Å². The Balaban J connectivity index is 1.59. The number of halogens is 1. The summed E-state index contributed by atoms with van der Waals surface area (Å²) in [6.07, 6.45) is 1.39. The molecule has 0 aliphatic heterocycles. The van der Waals surface area contributed by atoms with E-state index in [0.717, 1.165) is 0 Å². The van der Waals surface area contributed by atoms with E-state index in [1.807, 2.05) is 0 Å². The first-order chi connectivity index (χ1) is 9.74. The van der Waals surface area contributed by atoms with Crippen LogP contribution in [-0.4, -0.2) is 41.0 Å². The van der Waals surface area contributed by atoms with Crippen molar-refractivity contribution in [3.63, 3.8) is 0 Å². The summed E-state index contributed by atoms with van der Waals surface area (Å²) < 4.78 is 10.3. The number of aliphatic hydroxyl groups is 1. The number of rotatable bonds is 8. The molecular weight excluding hydrogens is 282 g/mol. The van der Waals surface area contributed by atoms with Crippen LogP contribution in [-0.2, 0) is 6.42 Å². The molecule has 0 aliphatic carbocycles. The molecule has 0 radical (unpaired) electrons. The Morgan fingerprint density at radius 1 is 1.45 bits per heavy atom. The zero-order valence-electron chi connectivity index (χ0n) is 10.8. The molecule has 2 rings (SSSR count). The molecule has 108 valence electrons. The molecule has 1 heterocycles. The molecule has 0 bridgehead atoms. The van der Waals surface area contributed by atoms with Crippen LogP contribution in [0.4, 0.5) is 0 Å².